The Hall–Kier alpha value is -3.76. The number of Topliss-reactive ketones (excluding diaryl/α,β-unsaturated/α-hetero) is 1. The van der Waals surface area contributed by atoms with Crippen LogP contribution in [-0.2, 0) is 9.59 Å². The summed E-state index contributed by atoms with van der Waals surface area (Å²) in [5.41, 5.74) is 2.49. The summed E-state index contributed by atoms with van der Waals surface area (Å²) in [6.45, 7) is 1.35. The predicted octanol–water partition coefficient (Wildman–Crippen LogP) is 3.27. The molecule has 1 aliphatic heterocycles. The number of nitriles is 1. The van der Waals surface area contributed by atoms with E-state index in [1.165, 1.54) is 0 Å². The number of amides is 1. The number of pyridine rings is 1. The van der Waals surface area contributed by atoms with Gasteiger partial charge in [-0.2, -0.15) is 5.26 Å². The normalized spacial score (nSPS) is 13.6. The summed E-state index contributed by atoms with van der Waals surface area (Å²) in [4.78, 5) is 32.0. The first-order valence-corrected chi connectivity index (χ1v) is 10.9. The molecule has 0 spiro atoms. The summed E-state index contributed by atoms with van der Waals surface area (Å²) >= 11 is 0. The van der Waals surface area contributed by atoms with Crippen molar-refractivity contribution in [2.24, 2.45) is 0 Å². The van der Waals surface area contributed by atoms with Crippen molar-refractivity contribution in [2.75, 3.05) is 33.7 Å². The molecule has 0 atom stereocenters. The fourth-order valence-corrected chi connectivity index (χ4v) is 3.93. The van der Waals surface area contributed by atoms with E-state index in [0.717, 1.165) is 21.9 Å². The number of benzene rings is 2. The molecule has 2 heterocycles. The second-order valence-electron chi connectivity index (χ2n) is 8.58. The summed E-state index contributed by atoms with van der Waals surface area (Å²) in [6.07, 6.45) is 3.90. The zero-order valence-electron chi connectivity index (χ0n) is 18.8. The zero-order valence-corrected chi connectivity index (χ0v) is 18.8. The van der Waals surface area contributed by atoms with Crippen LogP contribution in [0.15, 0.2) is 54.9 Å². The Balaban J connectivity index is 1.44. The molecule has 0 saturated carbocycles. The monoisotopic (exact) mass is 442 g/mol. The van der Waals surface area contributed by atoms with Crippen molar-refractivity contribution in [3.8, 4) is 22.9 Å². The van der Waals surface area contributed by atoms with Crippen LogP contribution in [0.3, 0.4) is 0 Å². The highest BCUT2D eigenvalue weighted by molar-refractivity contribution is 5.92. The third kappa shape index (κ3) is 5.36. The molecule has 2 aromatic carbocycles. The summed E-state index contributed by atoms with van der Waals surface area (Å²) < 4.78 is 6.27. The topological polar surface area (TPSA) is 86.5 Å². The molecule has 0 aliphatic carbocycles. The van der Waals surface area contributed by atoms with Gasteiger partial charge in [0.15, 0.2) is 0 Å². The van der Waals surface area contributed by atoms with Crippen LogP contribution in [0.5, 0.6) is 5.75 Å². The van der Waals surface area contributed by atoms with Crippen molar-refractivity contribution in [3.63, 3.8) is 0 Å². The maximum absolute atomic E-state index is 12.4. The Labute approximate surface area is 193 Å². The third-order valence-corrected chi connectivity index (χ3v) is 5.65. The van der Waals surface area contributed by atoms with Gasteiger partial charge in [0, 0.05) is 30.6 Å². The minimum atomic E-state index is -0.115. The van der Waals surface area contributed by atoms with Crippen molar-refractivity contribution in [3.05, 3.63) is 60.4 Å². The molecule has 1 fully saturated rings. The smallest absolute Gasteiger partial charge is 0.223 e. The molecule has 7 nitrogen and oxygen atoms in total. The summed E-state index contributed by atoms with van der Waals surface area (Å²) in [5, 5.41) is 11.1. The Morgan fingerprint density at radius 1 is 1.15 bits per heavy atom. The van der Waals surface area contributed by atoms with Gasteiger partial charge in [0.1, 0.15) is 17.6 Å². The molecule has 1 saturated heterocycles. The highest BCUT2D eigenvalue weighted by Gasteiger charge is 2.32. The molecule has 1 aromatic heterocycles. The molecule has 4 rings (SSSR count). The minimum Gasteiger partial charge on any atom is -0.486 e. The van der Waals surface area contributed by atoms with E-state index in [1.54, 1.807) is 23.4 Å². The number of nitrogens with zero attached hydrogens (tertiary/aromatic N) is 4. The van der Waals surface area contributed by atoms with E-state index in [4.69, 9.17) is 4.74 Å². The summed E-state index contributed by atoms with van der Waals surface area (Å²) in [5.74, 6) is 0.754. The van der Waals surface area contributed by atoms with E-state index in [2.05, 4.69) is 17.1 Å². The van der Waals surface area contributed by atoms with Crippen molar-refractivity contribution >= 4 is 22.5 Å². The number of carbonyl (C=O) groups is 2. The van der Waals surface area contributed by atoms with Gasteiger partial charge in [0.05, 0.1) is 31.3 Å². The number of hydrogen-bond acceptors (Lipinski definition) is 6. The van der Waals surface area contributed by atoms with Crippen molar-refractivity contribution in [1.29, 1.82) is 5.26 Å². The highest BCUT2D eigenvalue weighted by atomic mass is 16.5. The number of ketones is 1. The molecule has 0 radical (unpaired) electrons. The number of likely N-dealkylation sites (tertiary alicyclic amines) is 1. The Morgan fingerprint density at radius 2 is 1.97 bits per heavy atom. The average molecular weight is 443 g/mol. The minimum absolute atomic E-state index is 0.0180. The van der Waals surface area contributed by atoms with Gasteiger partial charge in [-0.1, -0.05) is 12.1 Å². The number of ether oxygens (including phenoxy) is 1. The Morgan fingerprint density at radius 3 is 2.73 bits per heavy atom. The van der Waals surface area contributed by atoms with Crippen molar-refractivity contribution in [1.82, 2.24) is 14.8 Å². The molecule has 1 aliphatic rings. The SMILES string of the molecule is CN(C)CC(=O)CCC(=O)N1CC(Oc2cc(-c3cccc(C#N)c3)cc3ccncc23)C1. The highest BCUT2D eigenvalue weighted by Crippen LogP contribution is 2.34. The van der Waals surface area contributed by atoms with Crippen LogP contribution in [-0.4, -0.2) is 66.3 Å². The second kappa shape index (κ2) is 9.80. The number of likely N-dealkylation sites (N-methyl/N-ethyl adjacent to an activating group) is 1. The van der Waals surface area contributed by atoms with Gasteiger partial charge in [-0.25, -0.2) is 0 Å². The first-order chi connectivity index (χ1) is 15.9. The van der Waals surface area contributed by atoms with Crippen LogP contribution in [0.25, 0.3) is 21.9 Å². The molecule has 0 bridgehead atoms. The van der Waals surface area contributed by atoms with Gasteiger partial charge in [-0.3, -0.25) is 14.6 Å². The fourth-order valence-electron chi connectivity index (χ4n) is 3.93. The van der Waals surface area contributed by atoms with E-state index in [0.29, 0.717) is 30.9 Å². The van der Waals surface area contributed by atoms with Crippen molar-refractivity contribution in [2.45, 2.75) is 18.9 Å². The Bertz CT molecular complexity index is 1230. The molecule has 0 unspecified atom stereocenters. The standard InChI is InChI=1S/C26H26N4O3/c1-29(2)15-22(31)6-7-26(32)30-16-23(17-30)33-25-12-21(11-20-8-9-28-14-24(20)25)19-5-3-4-18(10-19)13-27/h3-5,8-12,14,23H,6-7,15-17H2,1-2H3. The van der Waals surface area contributed by atoms with Crippen LogP contribution in [0, 0.1) is 11.3 Å². The molecule has 0 N–H and O–H groups in total. The molecular formula is C26H26N4O3. The third-order valence-electron chi connectivity index (χ3n) is 5.65. The van der Waals surface area contributed by atoms with E-state index in [9.17, 15) is 14.9 Å². The first kappa shape index (κ1) is 22.4. The van der Waals surface area contributed by atoms with Gasteiger partial charge in [0.25, 0.3) is 0 Å². The Kier molecular flexibility index (Phi) is 6.66. The van der Waals surface area contributed by atoms with Crippen LogP contribution in [0.2, 0.25) is 0 Å². The van der Waals surface area contributed by atoms with E-state index >= 15 is 0 Å². The lowest BCUT2D eigenvalue weighted by Gasteiger charge is -2.39. The van der Waals surface area contributed by atoms with Crippen LogP contribution < -0.4 is 4.74 Å². The van der Waals surface area contributed by atoms with E-state index < -0.39 is 0 Å². The number of rotatable bonds is 8. The predicted molar refractivity (Wildman–Crippen MR) is 126 cm³/mol. The summed E-state index contributed by atoms with van der Waals surface area (Å²) in [7, 11) is 3.68. The van der Waals surface area contributed by atoms with Crippen LogP contribution in [0.4, 0.5) is 0 Å². The van der Waals surface area contributed by atoms with E-state index in [1.807, 2.05) is 49.3 Å². The largest absolute Gasteiger partial charge is 0.486 e. The average Bonchev–Trinajstić information content (AvgIpc) is 2.79. The number of aromatic nitrogens is 1. The number of carbonyl (C=O) groups excluding carboxylic acids is 2. The number of fused-ring (bicyclic) bond motifs is 1. The van der Waals surface area contributed by atoms with Gasteiger partial charge in [-0.15, -0.1) is 0 Å². The zero-order chi connectivity index (χ0) is 23.4. The number of hydrogen-bond donors (Lipinski definition) is 0. The first-order valence-electron chi connectivity index (χ1n) is 10.9. The lowest BCUT2D eigenvalue weighted by Crippen LogP contribution is -2.56. The summed E-state index contributed by atoms with van der Waals surface area (Å²) in [6, 6.07) is 15.6. The van der Waals surface area contributed by atoms with Gasteiger partial charge >= 0.3 is 0 Å². The van der Waals surface area contributed by atoms with Gasteiger partial charge in [0.2, 0.25) is 5.91 Å². The van der Waals surface area contributed by atoms with Crippen molar-refractivity contribution < 1.29 is 14.3 Å². The van der Waals surface area contributed by atoms with Crippen LogP contribution in [0.1, 0.15) is 18.4 Å². The molecule has 1 amide bonds. The van der Waals surface area contributed by atoms with Gasteiger partial charge in [-0.05, 0) is 60.9 Å². The second-order valence-corrected chi connectivity index (χ2v) is 8.58. The quantitative estimate of drug-likeness (QED) is 0.532. The lowest BCUT2D eigenvalue weighted by atomic mass is 10.00. The van der Waals surface area contributed by atoms with Gasteiger partial charge < -0.3 is 14.5 Å². The molecule has 168 valence electrons. The molecule has 7 heteroatoms. The molecule has 3 aromatic rings. The lowest BCUT2D eigenvalue weighted by molar-refractivity contribution is -0.141. The molecule has 33 heavy (non-hydrogen) atoms. The maximum Gasteiger partial charge on any atom is 0.223 e. The molecular weight excluding hydrogens is 416 g/mol. The maximum atomic E-state index is 12.4. The van der Waals surface area contributed by atoms with Crippen LogP contribution >= 0.6 is 0 Å². The fraction of sp³-hybridized carbons (Fsp3) is 0.308. The van der Waals surface area contributed by atoms with E-state index in [-0.39, 0.29) is 30.6 Å².